The third-order valence-corrected chi connectivity index (χ3v) is 1.44. The fourth-order valence-electron chi connectivity index (χ4n) is 0.841. The summed E-state index contributed by atoms with van der Waals surface area (Å²) >= 11 is 0. The van der Waals surface area contributed by atoms with Crippen LogP contribution in [0.1, 0.15) is 39.0 Å². The van der Waals surface area contributed by atoms with Gasteiger partial charge in [0.2, 0.25) is 0 Å². The Morgan fingerprint density at radius 3 is 2.60 bits per heavy atom. The van der Waals surface area contributed by atoms with Crippen LogP contribution in [0.4, 0.5) is 0 Å². The first-order valence-electron chi connectivity index (χ1n) is 4.02. The molecule has 58 valence electrons. The van der Waals surface area contributed by atoms with Crippen molar-refractivity contribution in [1.82, 2.24) is 0 Å². The summed E-state index contributed by atoms with van der Waals surface area (Å²) in [5, 5.41) is 0. The fourth-order valence-corrected chi connectivity index (χ4v) is 0.841. The van der Waals surface area contributed by atoms with Gasteiger partial charge >= 0.3 is 0 Å². The molecule has 0 atom stereocenters. The molecule has 0 rings (SSSR count). The van der Waals surface area contributed by atoms with Crippen molar-refractivity contribution in [3.8, 4) is 0 Å². The molecule has 0 N–H and O–H groups in total. The molecule has 0 aromatic heterocycles. The maximum Gasteiger partial charge on any atom is 0.142 e. The number of aldehydes is 1. The average molecular weight is 140 g/mol. The highest BCUT2D eigenvalue weighted by Crippen LogP contribution is 2.02. The van der Waals surface area contributed by atoms with E-state index < -0.39 is 0 Å². The molecule has 0 heterocycles. The van der Waals surface area contributed by atoms with Crippen molar-refractivity contribution in [3.05, 3.63) is 12.2 Å². The second-order valence-electron chi connectivity index (χ2n) is 2.41. The standard InChI is InChI=1S/C9H16O/c1-2-3-4-5-6-7-8-9-10/h7-9H,2-6H2,1H3/b8-7+. The molecular formula is C9H16O. The number of hydrogen-bond acceptors (Lipinski definition) is 1. The lowest BCUT2D eigenvalue weighted by atomic mass is 10.1. The van der Waals surface area contributed by atoms with Crippen molar-refractivity contribution in [1.29, 1.82) is 0 Å². The van der Waals surface area contributed by atoms with Crippen LogP contribution < -0.4 is 0 Å². The Hall–Kier alpha value is -0.590. The van der Waals surface area contributed by atoms with Crippen LogP contribution >= 0.6 is 0 Å². The van der Waals surface area contributed by atoms with Gasteiger partial charge < -0.3 is 0 Å². The minimum absolute atomic E-state index is 0.833. The number of carbonyl (C=O) groups is 1. The molecule has 0 fully saturated rings. The van der Waals surface area contributed by atoms with Crippen LogP contribution in [0, 0.1) is 0 Å². The molecule has 1 heteroatoms. The molecule has 0 radical (unpaired) electrons. The fraction of sp³-hybridized carbons (Fsp3) is 0.667. The Balaban J connectivity index is 2.90. The first kappa shape index (κ1) is 9.41. The molecule has 0 aliphatic carbocycles. The quantitative estimate of drug-likeness (QED) is 0.315. The number of hydrogen-bond donors (Lipinski definition) is 0. The number of allylic oxidation sites excluding steroid dienone is 2. The van der Waals surface area contributed by atoms with Gasteiger partial charge in [-0.25, -0.2) is 0 Å². The van der Waals surface area contributed by atoms with Crippen molar-refractivity contribution in [2.45, 2.75) is 39.0 Å². The largest absolute Gasteiger partial charge is 0.299 e. The van der Waals surface area contributed by atoms with Crippen LogP contribution in [0.5, 0.6) is 0 Å². The summed E-state index contributed by atoms with van der Waals surface area (Å²) in [5.41, 5.74) is 0. The van der Waals surface area contributed by atoms with Crippen molar-refractivity contribution < 1.29 is 4.79 Å². The maximum atomic E-state index is 9.81. The van der Waals surface area contributed by atoms with E-state index in [1.807, 2.05) is 6.08 Å². The predicted octanol–water partition coefficient (Wildman–Crippen LogP) is 2.71. The lowest BCUT2D eigenvalue weighted by molar-refractivity contribution is -0.104. The van der Waals surface area contributed by atoms with E-state index in [4.69, 9.17) is 0 Å². The molecule has 10 heavy (non-hydrogen) atoms. The van der Waals surface area contributed by atoms with Gasteiger partial charge in [-0.15, -0.1) is 0 Å². The zero-order chi connectivity index (χ0) is 7.66. The zero-order valence-corrected chi connectivity index (χ0v) is 6.68. The molecule has 0 aromatic rings. The zero-order valence-electron chi connectivity index (χ0n) is 6.68. The SMILES string of the molecule is CCCCCC/C=C/C=O. The molecule has 0 aliphatic rings. The molecule has 0 saturated heterocycles. The number of rotatable bonds is 6. The van der Waals surface area contributed by atoms with Gasteiger partial charge in [0.1, 0.15) is 6.29 Å². The highest BCUT2D eigenvalue weighted by molar-refractivity contribution is 5.64. The number of unbranched alkanes of at least 4 members (excludes halogenated alkanes) is 4. The summed E-state index contributed by atoms with van der Waals surface area (Å²) < 4.78 is 0. The van der Waals surface area contributed by atoms with E-state index in [2.05, 4.69) is 6.92 Å². The average Bonchev–Trinajstić information content (AvgIpc) is 1.97. The molecule has 0 saturated carbocycles. The maximum absolute atomic E-state index is 9.81. The van der Waals surface area contributed by atoms with Crippen LogP contribution in [0.25, 0.3) is 0 Å². The van der Waals surface area contributed by atoms with E-state index >= 15 is 0 Å². The van der Waals surface area contributed by atoms with Crippen LogP contribution in [0.2, 0.25) is 0 Å². The third-order valence-electron chi connectivity index (χ3n) is 1.44. The minimum atomic E-state index is 0.833. The van der Waals surface area contributed by atoms with Gasteiger partial charge in [0.15, 0.2) is 0 Å². The molecule has 0 spiro atoms. The molecule has 0 amide bonds. The lowest BCUT2D eigenvalue weighted by Gasteiger charge is -1.92. The lowest BCUT2D eigenvalue weighted by Crippen LogP contribution is -1.73. The Bertz CT molecular complexity index is 94.9. The van der Waals surface area contributed by atoms with Gasteiger partial charge in [-0.2, -0.15) is 0 Å². The smallest absolute Gasteiger partial charge is 0.142 e. The van der Waals surface area contributed by atoms with E-state index in [1.54, 1.807) is 6.08 Å². The Morgan fingerprint density at radius 1 is 1.20 bits per heavy atom. The summed E-state index contributed by atoms with van der Waals surface area (Å²) in [6, 6.07) is 0. The van der Waals surface area contributed by atoms with E-state index in [0.717, 1.165) is 12.7 Å². The summed E-state index contributed by atoms with van der Waals surface area (Å²) in [7, 11) is 0. The second kappa shape index (κ2) is 8.41. The minimum Gasteiger partial charge on any atom is -0.299 e. The van der Waals surface area contributed by atoms with Crippen molar-refractivity contribution >= 4 is 6.29 Å². The van der Waals surface area contributed by atoms with Gasteiger partial charge in [0.25, 0.3) is 0 Å². The molecule has 0 bridgehead atoms. The molecular weight excluding hydrogens is 124 g/mol. The summed E-state index contributed by atoms with van der Waals surface area (Å²) in [4.78, 5) is 9.81. The predicted molar refractivity (Wildman–Crippen MR) is 44.0 cm³/mol. The Kier molecular flexibility index (Phi) is 7.91. The normalized spacial score (nSPS) is 10.5. The first-order valence-corrected chi connectivity index (χ1v) is 4.02. The van der Waals surface area contributed by atoms with E-state index in [0.29, 0.717) is 0 Å². The monoisotopic (exact) mass is 140 g/mol. The summed E-state index contributed by atoms with van der Waals surface area (Å²) in [6.07, 6.45) is 10.5. The van der Waals surface area contributed by atoms with E-state index in [-0.39, 0.29) is 0 Å². The highest BCUT2D eigenvalue weighted by atomic mass is 16.1. The molecule has 0 aliphatic heterocycles. The van der Waals surface area contributed by atoms with Crippen LogP contribution in [0.3, 0.4) is 0 Å². The van der Waals surface area contributed by atoms with Crippen LogP contribution in [0.15, 0.2) is 12.2 Å². The van der Waals surface area contributed by atoms with Crippen molar-refractivity contribution in [2.75, 3.05) is 0 Å². The second-order valence-corrected chi connectivity index (χ2v) is 2.41. The summed E-state index contributed by atoms with van der Waals surface area (Å²) in [5.74, 6) is 0. The van der Waals surface area contributed by atoms with Crippen LogP contribution in [-0.2, 0) is 4.79 Å². The van der Waals surface area contributed by atoms with Crippen molar-refractivity contribution in [3.63, 3.8) is 0 Å². The van der Waals surface area contributed by atoms with Gasteiger partial charge in [-0.3, -0.25) is 4.79 Å². The van der Waals surface area contributed by atoms with Gasteiger partial charge in [0, 0.05) is 0 Å². The highest BCUT2D eigenvalue weighted by Gasteiger charge is 1.82. The van der Waals surface area contributed by atoms with Crippen molar-refractivity contribution in [2.24, 2.45) is 0 Å². The van der Waals surface area contributed by atoms with Gasteiger partial charge in [-0.1, -0.05) is 32.3 Å². The van der Waals surface area contributed by atoms with E-state index in [1.165, 1.54) is 25.7 Å². The molecule has 0 aromatic carbocycles. The molecule has 1 nitrogen and oxygen atoms in total. The summed E-state index contributed by atoms with van der Waals surface area (Å²) in [6.45, 7) is 2.20. The van der Waals surface area contributed by atoms with Gasteiger partial charge in [0.05, 0.1) is 0 Å². The first-order chi connectivity index (χ1) is 4.91. The Morgan fingerprint density at radius 2 is 2.00 bits per heavy atom. The molecule has 0 unspecified atom stereocenters. The third kappa shape index (κ3) is 7.41. The van der Waals surface area contributed by atoms with Gasteiger partial charge in [-0.05, 0) is 18.9 Å². The topological polar surface area (TPSA) is 17.1 Å². The van der Waals surface area contributed by atoms with E-state index in [9.17, 15) is 4.79 Å². The Labute approximate surface area is 63.1 Å². The number of carbonyl (C=O) groups excluding carboxylic acids is 1. The van der Waals surface area contributed by atoms with Crippen LogP contribution in [-0.4, -0.2) is 6.29 Å².